The van der Waals surface area contributed by atoms with E-state index in [0.29, 0.717) is 0 Å². The predicted molar refractivity (Wildman–Crippen MR) is 104 cm³/mol. The van der Waals surface area contributed by atoms with E-state index in [1.807, 2.05) is 36.4 Å². The van der Waals surface area contributed by atoms with E-state index in [1.165, 1.54) is 6.92 Å². The van der Waals surface area contributed by atoms with E-state index in [2.05, 4.69) is 45.0 Å². The van der Waals surface area contributed by atoms with Crippen LogP contribution in [-0.4, -0.2) is 31.5 Å². The molecule has 25 heavy (non-hydrogen) atoms. The number of carbonyl (C=O) groups is 1. The van der Waals surface area contributed by atoms with Crippen LogP contribution in [0.25, 0.3) is 0 Å². The van der Waals surface area contributed by atoms with Gasteiger partial charge in [0.1, 0.15) is 5.54 Å². The second-order valence-electron chi connectivity index (χ2n) is 7.67. The first-order valence-corrected chi connectivity index (χ1v) is 10.3. The zero-order valence-corrected chi connectivity index (χ0v) is 16.3. The van der Waals surface area contributed by atoms with Crippen molar-refractivity contribution in [1.29, 1.82) is 0 Å². The van der Waals surface area contributed by atoms with Crippen LogP contribution in [0, 0.1) is 0 Å². The molecule has 5 heteroatoms. The molecule has 0 radical (unpaired) electrons. The average Bonchev–Trinajstić information content (AvgIpc) is 2.56. The van der Waals surface area contributed by atoms with Crippen molar-refractivity contribution in [2.45, 2.75) is 38.3 Å². The first-order chi connectivity index (χ1) is 11.6. The normalized spacial score (nSPS) is 14.8. The smallest absolute Gasteiger partial charge is 0.325 e. The van der Waals surface area contributed by atoms with Gasteiger partial charge in [0.05, 0.1) is 6.61 Å². The summed E-state index contributed by atoms with van der Waals surface area (Å²) in [6, 6.07) is 20.2. The summed E-state index contributed by atoms with van der Waals surface area (Å²) in [7, 11) is -2.75. The maximum Gasteiger partial charge on any atom is 0.325 e. The molecule has 0 saturated carbocycles. The topological polar surface area (TPSA) is 72.5 Å². The van der Waals surface area contributed by atoms with Gasteiger partial charge >= 0.3 is 5.97 Å². The summed E-state index contributed by atoms with van der Waals surface area (Å²) in [6.07, 6.45) is 0. The van der Waals surface area contributed by atoms with Gasteiger partial charge in [-0.3, -0.25) is 4.79 Å². The highest BCUT2D eigenvalue weighted by Gasteiger charge is 2.51. The lowest BCUT2D eigenvalue weighted by atomic mass is 10.1. The van der Waals surface area contributed by atoms with Crippen LogP contribution in [0.15, 0.2) is 60.7 Å². The third kappa shape index (κ3) is 3.84. The largest absolute Gasteiger partial charge is 0.480 e. The number of benzene rings is 2. The van der Waals surface area contributed by atoms with Crippen LogP contribution < -0.4 is 16.1 Å². The molecule has 4 nitrogen and oxygen atoms in total. The van der Waals surface area contributed by atoms with Crippen molar-refractivity contribution in [2.24, 2.45) is 5.73 Å². The number of rotatable bonds is 6. The van der Waals surface area contributed by atoms with Crippen LogP contribution in [-0.2, 0) is 9.22 Å². The van der Waals surface area contributed by atoms with Crippen LogP contribution in [0.4, 0.5) is 0 Å². The van der Waals surface area contributed by atoms with E-state index < -0.39 is 19.8 Å². The van der Waals surface area contributed by atoms with Crippen LogP contribution >= 0.6 is 0 Å². The quantitative estimate of drug-likeness (QED) is 0.779. The maximum absolute atomic E-state index is 11.5. The lowest BCUT2D eigenvalue weighted by Gasteiger charge is -2.44. The first kappa shape index (κ1) is 19.4. The molecule has 0 aliphatic rings. The molecule has 2 aromatic carbocycles. The molecule has 1 atom stereocenters. The number of hydrogen-bond acceptors (Lipinski definition) is 3. The third-order valence-corrected chi connectivity index (χ3v) is 9.48. The maximum atomic E-state index is 11.5. The lowest BCUT2D eigenvalue weighted by Crippen LogP contribution is -2.68. The van der Waals surface area contributed by atoms with E-state index in [4.69, 9.17) is 10.2 Å². The highest BCUT2D eigenvalue weighted by molar-refractivity contribution is 6.99. The fraction of sp³-hybridized carbons (Fsp3) is 0.350. The second kappa shape index (κ2) is 7.12. The minimum atomic E-state index is -2.75. The Morgan fingerprint density at radius 3 is 1.68 bits per heavy atom. The summed E-state index contributed by atoms with van der Waals surface area (Å²) in [5, 5.41) is 11.4. The molecular weight excluding hydrogens is 330 g/mol. The van der Waals surface area contributed by atoms with Crippen molar-refractivity contribution < 1.29 is 14.3 Å². The summed E-state index contributed by atoms with van der Waals surface area (Å²) < 4.78 is 6.53. The van der Waals surface area contributed by atoms with E-state index in [-0.39, 0.29) is 11.6 Å². The van der Waals surface area contributed by atoms with Crippen LogP contribution in [0.2, 0.25) is 5.04 Å². The van der Waals surface area contributed by atoms with Crippen LogP contribution in [0.5, 0.6) is 0 Å². The molecule has 0 heterocycles. The Labute approximate surface area is 150 Å². The first-order valence-electron chi connectivity index (χ1n) is 8.38. The molecule has 1 unspecified atom stereocenters. The van der Waals surface area contributed by atoms with E-state index in [1.54, 1.807) is 0 Å². The van der Waals surface area contributed by atoms with Gasteiger partial charge in [-0.15, -0.1) is 0 Å². The van der Waals surface area contributed by atoms with E-state index >= 15 is 0 Å². The standard InChI is InChI=1S/C20H27NO3Si/c1-19(2,3)25(16-11-7-5-8-12-16,17-13-9-6-10-14-17)24-15-20(4,21)18(22)23/h5-14H,15,21H2,1-4H3,(H,22,23). The van der Waals surface area contributed by atoms with Gasteiger partial charge in [-0.25, -0.2) is 0 Å². The Morgan fingerprint density at radius 2 is 1.36 bits per heavy atom. The number of nitrogens with two attached hydrogens (primary N) is 1. The minimum absolute atomic E-state index is 0.0460. The molecule has 0 bridgehead atoms. The zero-order chi connectivity index (χ0) is 18.7. The molecule has 134 valence electrons. The number of aliphatic carboxylic acids is 1. The summed E-state index contributed by atoms with van der Waals surface area (Å²) >= 11 is 0. The Bertz CT molecular complexity index is 669. The van der Waals surface area contributed by atoms with Crippen molar-refractivity contribution in [3.05, 3.63) is 60.7 Å². The van der Waals surface area contributed by atoms with Crippen molar-refractivity contribution >= 4 is 24.7 Å². The number of carboxylic acid groups (broad SMARTS) is 1. The van der Waals surface area contributed by atoms with E-state index in [9.17, 15) is 9.90 Å². The van der Waals surface area contributed by atoms with Gasteiger partial charge in [-0.05, 0) is 22.3 Å². The molecule has 0 aliphatic carbocycles. The number of hydrogen-bond donors (Lipinski definition) is 2. The van der Waals surface area contributed by atoms with E-state index in [0.717, 1.165) is 10.4 Å². The van der Waals surface area contributed by atoms with Crippen molar-refractivity contribution in [3.63, 3.8) is 0 Å². The minimum Gasteiger partial charge on any atom is -0.480 e. The summed E-state index contributed by atoms with van der Waals surface area (Å²) in [5.41, 5.74) is 4.53. The lowest BCUT2D eigenvalue weighted by molar-refractivity contribution is -0.143. The molecular formula is C20H27NO3Si. The van der Waals surface area contributed by atoms with Crippen LogP contribution in [0.1, 0.15) is 27.7 Å². The Hall–Kier alpha value is -1.95. The third-order valence-electron chi connectivity index (χ3n) is 4.49. The van der Waals surface area contributed by atoms with Gasteiger partial charge in [-0.1, -0.05) is 81.4 Å². The molecule has 0 amide bonds. The summed E-state index contributed by atoms with van der Waals surface area (Å²) in [5.74, 6) is -1.06. The monoisotopic (exact) mass is 357 g/mol. The van der Waals surface area contributed by atoms with Crippen molar-refractivity contribution in [2.75, 3.05) is 6.61 Å². The van der Waals surface area contributed by atoms with Crippen molar-refractivity contribution in [3.8, 4) is 0 Å². The molecule has 2 aromatic rings. The summed E-state index contributed by atoms with van der Waals surface area (Å²) in [4.78, 5) is 11.5. The summed E-state index contributed by atoms with van der Waals surface area (Å²) in [6.45, 7) is 7.89. The van der Waals surface area contributed by atoms with Gasteiger partial charge in [0.2, 0.25) is 0 Å². The predicted octanol–water partition coefficient (Wildman–Crippen LogP) is 2.36. The molecule has 0 fully saturated rings. The SMILES string of the molecule is CC(N)(CO[Si](c1ccccc1)(c1ccccc1)C(C)(C)C)C(=O)O. The highest BCUT2D eigenvalue weighted by Crippen LogP contribution is 2.37. The molecule has 0 spiro atoms. The van der Waals surface area contributed by atoms with Gasteiger partial charge < -0.3 is 15.3 Å². The fourth-order valence-corrected chi connectivity index (χ4v) is 7.75. The average molecular weight is 358 g/mol. The second-order valence-corrected chi connectivity index (χ2v) is 12.0. The zero-order valence-electron chi connectivity index (χ0n) is 15.3. The Kier molecular flexibility index (Phi) is 5.51. The van der Waals surface area contributed by atoms with Crippen molar-refractivity contribution in [1.82, 2.24) is 0 Å². The number of carboxylic acids is 1. The molecule has 0 aromatic heterocycles. The molecule has 2 rings (SSSR count). The van der Waals surface area contributed by atoms with Crippen LogP contribution in [0.3, 0.4) is 0 Å². The molecule has 3 N–H and O–H groups in total. The molecule has 0 aliphatic heterocycles. The molecule has 0 saturated heterocycles. The van der Waals surface area contributed by atoms with Gasteiger partial charge in [-0.2, -0.15) is 0 Å². The fourth-order valence-electron chi connectivity index (χ4n) is 3.08. The Balaban J connectivity index is 2.63. The Morgan fingerprint density at radius 1 is 0.960 bits per heavy atom. The van der Waals surface area contributed by atoms with Gasteiger partial charge in [0.15, 0.2) is 0 Å². The van der Waals surface area contributed by atoms with Gasteiger partial charge in [0, 0.05) is 0 Å². The van der Waals surface area contributed by atoms with Gasteiger partial charge in [0.25, 0.3) is 8.32 Å². The highest BCUT2D eigenvalue weighted by atomic mass is 28.4.